The highest BCUT2D eigenvalue weighted by Crippen LogP contribution is 2.19. The van der Waals surface area contributed by atoms with Crippen LogP contribution in [0.4, 0.5) is 0 Å². The Morgan fingerprint density at radius 1 is 1.08 bits per heavy atom. The van der Waals surface area contributed by atoms with Crippen LogP contribution in [-0.4, -0.2) is 35.3 Å². The highest BCUT2D eigenvalue weighted by molar-refractivity contribution is 6.25. The Labute approximate surface area is 146 Å². The minimum Gasteiger partial charge on any atom is -0.507 e. The summed E-state index contributed by atoms with van der Waals surface area (Å²) in [7, 11) is 1.54. The van der Waals surface area contributed by atoms with Crippen LogP contribution in [0.3, 0.4) is 0 Å². The molecule has 1 heterocycles. The first-order valence-electron chi connectivity index (χ1n) is 8.03. The molecule has 1 aliphatic rings. The lowest BCUT2D eigenvalue weighted by molar-refractivity contribution is -0.123. The fourth-order valence-corrected chi connectivity index (χ4v) is 2.83. The van der Waals surface area contributed by atoms with Crippen molar-refractivity contribution >= 4 is 28.5 Å². The summed E-state index contributed by atoms with van der Waals surface area (Å²) in [6.45, 7) is 1.91. The third-order valence-electron chi connectivity index (χ3n) is 4.15. The predicted molar refractivity (Wildman–Crippen MR) is 99.0 cm³/mol. The third-order valence-corrected chi connectivity index (χ3v) is 4.15. The van der Waals surface area contributed by atoms with Crippen LogP contribution in [0.1, 0.15) is 12.5 Å². The van der Waals surface area contributed by atoms with Crippen molar-refractivity contribution in [3.05, 3.63) is 77.1 Å². The van der Waals surface area contributed by atoms with Gasteiger partial charge in [0, 0.05) is 7.05 Å². The molecule has 0 atom stereocenters. The van der Waals surface area contributed by atoms with E-state index in [0.717, 1.165) is 16.5 Å². The molecule has 0 radical (unpaired) electrons. The lowest BCUT2D eigenvalue weighted by atomic mass is 10.0. The van der Waals surface area contributed by atoms with E-state index in [1.807, 2.05) is 31.2 Å². The molecule has 0 aromatic heterocycles. The molecular formula is C21H19NO3. The lowest BCUT2D eigenvalue weighted by Crippen LogP contribution is -2.19. The van der Waals surface area contributed by atoms with Gasteiger partial charge in [-0.05, 0) is 35.4 Å². The number of ketones is 1. The lowest BCUT2D eigenvalue weighted by Gasteiger charge is -2.03. The van der Waals surface area contributed by atoms with Crippen LogP contribution in [0.15, 0.2) is 71.5 Å². The van der Waals surface area contributed by atoms with Crippen molar-refractivity contribution in [2.45, 2.75) is 6.92 Å². The third kappa shape index (κ3) is 3.53. The van der Waals surface area contributed by atoms with Crippen LogP contribution in [0.25, 0.3) is 16.8 Å². The zero-order valence-corrected chi connectivity index (χ0v) is 14.2. The molecule has 25 heavy (non-hydrogen) atoms. The molecule has 4 nitrogen and oxygen atoms in total. The Morgan fingerprint density at radius 2 is 1.80 bits per heavy atom. The van der Waals surface area contributed by atoms with E-state index >= 15 is 0 Å². The van der Waals surface area contributed by atoms with E-state index in [9.17, 15) is 14.7 Å². The Bertz CT molecular complexity index is 951. The second-order valence-corrected chi connectivity index (χ2v) is 6.17. The highest BCUT2D eigenvalue weighted by atomic mass is 16.3. The molecule has 4 heteroatoms. The molecular weight excluding hydrogens is 314 g/mol. The van der Waals surface area contributed by atoms with Crippen LogP contribution in [0, 0.1) is 0 Å². The number of likely N-dealkylation sites (tertiary alicyclic amines) is 1. The molecule has 1 N–H and O–H groups in total. The number of Topliss-reactive ketones (excluding diaryl/α,β-unsaturated/α-hetero) is 1. The molecule has 0 saturated carbocycles. The maximum absolute atomic E-state index is 11.9. The van der Waals surface area contributed by atoms with Crippen LogP contribution >= 0.6 is 0 Å². The monoisotopic (exact) mass is 333 g/mol. The average Bonchev–Trinajstić information content (AvgIpc) is 2.85. The molecule has 0 unspecified atom stereocenters. The maximum Gasteiger partial charge on any atom is 0.261 e. The second kappa shape index (κ2) is 6.77. The number of aliphatic hydroxyl groups excluding tert-OH is 1. The van der Waals surface area contributed by atoms with Crippen molar-refractivity contribution in [1.82, 2.24) is 4.90 Å². The molecule has 2 aromatic carbocycles. The Balaban J connectivity index is 1.84. The first kappa shape index (κ1) is 16.7. The summed E-state index contributed by atoms with van der Waals surface area (Å²) in [5, 5.41) is 12.4. The molecule has 126 valence electrons. The van der Waals surface area contributed by atoms with Gasteiger partial charge in [-0.25, -0.2) is 0 Å². The standard InChI is InChI=1S/C21H19NO3/c1-14(7-10-18(23)20-19(24)13-22(2)21(20)25)11-15-8-9-16-5-3-4-6-17(16)12-15/h3-12,23H,13H2,1-2H3/b10-7+,14-11+,20-18?. The number of rotatable bonds is 3. The van der Waals surface area contributed by atoms with Gasteiger partial charge in [-0.1, -0.05) is 54.1 Å². The van der Waals surface area contributed by atoms with E-state index in [1.165, 1.54) is 23.4 Å². The summed E-state index contributed by atoms with van der Waals surface area (Å²) in [5.41, 5.74) is 1.80. The van der Waals surface area contributed by atoms with Gasteiger partial charge in [0.15, 0.2) is 5.78 Å². The van der Waals surface area contributed by atoms with Gasteiger partial charge in [0.25, 0.3) is 5.91 Å². The number of aliphatic hydroxyl groups is 1. The Kier molecular flexibility index (Phi) is 4.52. The van der Waals surface area contributed by atoms with Gasteiger partial charge >= 0.3 is 0 Å². The summed E-state index contributed by atoms with van der Waals surface area (Å²) in [6, 6.07) is 14.3. The number of likely N-dealkylation sites (N-methyl/N-ethyl adjacent to an activating group) is 1. The van der Waals surface area contributed by atoms with Crippen molar-refractivity contribution < 1.29 is 14.7 Å². The number of fused-ring (bicyclic) bond motifs is 1. The smallest absolute Gasteiger partial charge is 0.261 e. The van der Waals surface area contributed by atoms with Crippen molar-refractivity contribution in [3.63, 3.8) is 0 Å². The summed E-state index contributed by atoms with van der Waals surface area (Å²) in [4.78, 5) is 24.9. The van der Waals surface area contributed by atoms with E-state index in [0.29, 0.717) is 0 Å². The summed E-state index contributed by atoms with van der Waals surface area (Å²) >= 11 is 0. The molecule has 0 aliphatic carbocycles. The van der Waals surface area contributed by atoms with Gasteiger partial charge in [-0.3, -0.25) is 9.59 Å². The number of allylic oxidation sites excluding steroid dienone is 3. The number of nitrogens with zero attached hydrogens (tertiary/aromatic N) is 1. The minimum absolute atomic E-state index is 0.0119. The first-order chi connectivity index (χ1) is 12.0. The number of carbonyl (C=O) groups is 2. The van der Waals surface area contributed by atoms with Gasteiger partial charge in [-0.15, -0.1) is 0 Å². The molecule has 3 rings (SSSR count). The van der Waals surface area contributed by atoms with E-state index in [1.54, 1.807) is 6.08 Å². The number of benzene rings is 2. The van der Waals surface area contributed by atoms with Crippen molar-refractivity contribution in [3.8, 4) is 0 Å². The zero-order valence-electron chi connectivity index (χ0n) is 14.2. The fourth-order valence-electron chi connectivity index (χ4n) is 2.83. The molecule has 0 spiro atoms. The molecule has 1 saturated heterocycles. The number of carbonyl (C=O) groups excluding carboxylic acids is 2. The summed E-state index contributed by atoms with van der Waals surface area (Å²) in [5.74, 6) is -1.08. The first-order valence-corrected chi connectivity index (χ1v) is 8.03. The van der Waals surface area contributed by atoms with Gasteiger partial charge < -0.3 is 10.0 Å². The zero-order chi connectivity index (χ0) is 18.0. The van der Waals surface area contributed by atoms with E-state index in [2.05, 4.69) is 24.3 Å². The molecule has 1 aliphatic heterocycles. The molecule has 1 amide bonds. The largest absolute Gasteiger partial charge is 0.507 e. The predicted octanol–water partition coefficient (Wildman–Crippen LogP) is 3.65. The SMILES string of the molecule is CC(/C=C/C(O)=C1C(=O)CN(C)C1=O)=C\c1ccc2ccccc2c1. The van der Waals surface area contributed by atoms with E-state index < -0.39 is 5.91 Å². The van der Waals surface area contributed by atoms with Crippen LogP contribution < -0.4 is 0 Å². The van der Waals surface area contributed by atoms with E-state index in [4.69, 9.17) is 0 Å². The van der Waals surface area contributed by atoms with Gasteiger partial charge in [0.1, 0.15) is 11.3 Å². The normalized spacial score (nSPS) is 17.8. The van der Waals surface area contributed by atoms with E-state index in [-0.39, 0.29) is 23.7 Å². The number of hydrogen-bond donors (Lipinski definition) is 1. The van der Waals surface area contributed by atoms with Gasteiger partial charge in [-0.2, -0.15) is 0 Å². The van der Waals surface area contributed by atoms with Gasteiger partial charge in [0.05, 0.1) is 6.54 Å². The molecule has 2 aromatic rings. The summed E-state index contributed by atoms with van der Waals surface area (Å²) in [6.07, 6.45) is 5.07. The molecule has 1 fully saturated rings. The second-order valence-electron chi connectivity index (χ2n) is 6.17. The topological polar surface area (TPSA) is 57.6 Å². The number of amides is 1. The van der Waals surface area contributed by atoms with Crippen LogP contribution in [-0.2, 0) is 9.59 Å². The van der Waals surface area contributed by atoms with Crippen molar-refractivity contribution in [2.75, 3.05) is 13.6 Å². The van der Waals surface area contributed by atoms with Crippen LogP contribution in [0.5, 0.6) is 0 Å². The number of hydrogen-bond acceptors (Lipinski definition) is 3. The quantitative estimate of drug-likeness (QED) is 0.404. The van der Waals surface area contributed by atoms with Gasteiger partial charge in [0.2, 0.25) is 0 Å². The van der Waals surface area contributed by atoms with Crippen molar-refractivity contribution in [1.29, 1.82) is 0 Å². The molecule has 0 bridgehead atoms. The maximum atomic E-state index is 11.9. The average molecular weight is 333 g/mol. The minimum atomic E-state index is -0.441. The Hall–Kier alpha value is -3.14. The highest BCUT2D eigenvalue weighted by Gasteiger charge is 2.33. The summed E-state index contributed by atoms with van der Waals surface area (Å²) < 4.78 is 0. The van der Waals surface area contributed by atoms with Crippen LogP contribution in [0.2, 0.25) is 0 Å². The van der Waals surface area contributed by atoms with Crippen molar-refractivity contribution in [2.24, 2.45) is 0 Å². The Morgan fingerprint density at radius 3 is 2.48 bits per heavy atom. The fraction of sp³-hybridized carbons (Fsp3) is 0.143.